The molecular formula is C22H20N2O3. The van der Waals surface area contributed by atoms with Gasteiger partial charge in [-0.3, -0.25) is 4.79 Å². The lowest BCUT2D eigenvalue weighted by molar-refractivity contribution is -0.134. The molecule has 0 aliphatic carbocycles. The number of aryl methyl sites for hydroxylation is 1. The molecule has 3 rings (SSSR count). The lowest BCUT2D eigenvalue weighted by atomic mass is 10.2. The topological polar surface area (TPSA) is 75.1 Å². The summed E-state index contributed by atoms with van der Waals surface area (Å²) < 4.78 is 10.9. The molecule has 0 saturated heterocycles. The van der Waals surface area contributed by atoms with Crippen molar-refractivity contribution in [2.75, 3.05) is 6.61 Å². The van der Waals surface area contributed by atoms with Gasteiger partial charge in [0.2, 0.25) is 0 Å². The van der Waals surface area contributed by atoms with E-state index in [1.54, 1.807) is 18.2 Å². The van der Waals surface area contributed by atoms with Crippen molar-refractivity contribution in [3.8, 4) is 28.8 Å². The van der Waals surface area contributed by atoms with Crippen molar-refractivity contribution in [1.82, 2.24) is 4.98 Å². The number of aromatic nitrogens is 1. The second-order valence-electron chi connectivity index (χ2n) is 5.94. The van der Waals surface area contributed by atoms with Gasteiger partial charge in [0.15, 0.2) is 11.5 Å². The molecule has 0 aliphatic rings. The predicted molar refractivity (Wildman–Crippen MR) is 103 cm³/mol. The molecule has 1 heterocycles. The molecule has 5 nitrogen and oxygen atoms in total. The Kier molecular flexibility index (Phi) is 5.91. The highest BCUT2D eigenvalue weighted by Gasteiger charge is 2.12. The van der Waals surface area contributed by atoms with Crippen molar-refractivity contribution < 1.29 is 14.3 Å². The van der Waals surface area contributed by atoms with Crippen LogP contribution in [-0.2, 0) is 11.2 Å². The first-order valence-electron chi connectivity index (χ1n) is 8.80. The van der Waals surface area contributed by atoms with Crippen LogP contribution in [0.5, 0.6) is 11.5 Å². The molecule has 3 aromatic rings. The molecule has 5 heteroatoms. The fraction of sp³-hybridized carbons (Fsp3) is 0.182. The van der Waals surface area contributed by atoms with Crippen molar-refractivity contribution in [3.63, 3.8) is 0 Å². The standard InChI is InChI=1S/C22H20N2O3/c1-2-26-21-14-16(15-23)8-12-20(21)27-22(25)13-10-18-9-11-19(24-18)17-6-4-3-5-7-17/h3-9,11-12,14,24H,2,10,13H2,1H3. The molecule has 0 unspecified atom stereocenters. The van der Waals surface area contributed by atoms with Crippen molar-refractivity contribution in [3.05, 3.63) is 71.9 Å². The fourth-order valence-corrected chi connectivity index (χ4v) is 2.71. The monoisotopic (exact) mass is 360 g/mol. The van der Waals surface area contributed by atoms with E-state index < -0.39 is 0 Å². The molecule has 0 amide bonds. The summed E-state index contributed by atoms with van der Waals surface area (Å²) in [5.41, 5.74) is 3.55. The summed E-state index contributed by atoms with van der Waals surface area (Å²) in [4.78, 5) is 15.5. The van der Waals surface area contributed by atoms with Gasteiger partial charge in [0.25, 0.3) is 0 Å². The summed E-state index contributed by atoms with van der Waals surface area (Å²) in [5, 5.41) is 8.98. The molecule has 0 bridgehead atoms. The SMILES string of the molecule is CCOc1cc(C#N)ccc1OC(=O)CCc1ccc(-c2ccccc2)[nH]1. The molecule has 0 fully saturated rings. The molecule has 0 spiro atoms. The second kappa shape index (κ2) is 8.72. The number of ether oxygens (including phenoxy) is 2. The maximum atomic E-state index is 12.2. The van der Waals surface area contributed by atoms with Gasteiger partial charge in [0.1, 0.15) is 0 Å². The zero-order valence-electron chi connectivity index (χ0n) is 15.1. The van der Waals surface area contributed by atoms with Crippen LogP contribution in [0.15, 0.2) is 60.7 Å². The van der Waals surface area contributed by atoms with Crippen molar-refractivity contribution in [2.24, 2.45) is 0 Å². The van der Waals surface area contributed by atoms with Gasteiger partial charge in [-0.1, -0.05) is 30.3 Å². The third-order valence-corrected chi connectivity index (χ3v) is 4.03. The van der Waals surface area contributed by atoms with Gasteiger partial charge in [-0.2, -0.15) is 5.26 Å². The number of hydrogen-bond donors (Lipinski definition) is 1. The zero-order valence-corrected chi connectivity index (χ0v) is 15.1. The number of carbonyl (C=O) groups excluding carboxylic acids is 1. The van der Waals surface area contributed by atoms with E-state index >= 15 is 0 Å². The highest BCUT2D eigenvalue weighted by molar-refractivity contribution is 5.73. The minimum atomic E-state index is -0.350. The number of rotatable bonds is 7. The molecule has 2 aromatic carbocycles. The Morgan fingerprint density at radius 1 is 1.07 bits per heavy atom. The Labute approximate surface area is 158 Å². The molecule has 0 atom stereocenters. The Morgan fingerprint density at radius 3 is 2.63 bits per heavy atom. The molecular weight excluding hydrogens is 340 g/mol. The largest absolute Gasteiger partial charge is 0.490 e. The lowest BCUT2D eigenvalue weighted by Crippen LogP contribution is -2.10. The number of esters is 1. The minimum absolute atomic E-state index is 0.236. The normalized spacial score (nSPS) is 10.2. The number of aromatic amines is 1. The molecule has 0 aliphatic heterocycles. The average Bonchev–Trinajstić information content (AvgIpc) is 3.18. The Morgan fingerprint density at radius 2 is 1.89 bits per heavy atom. The number of carbonyl (C=O) groups is 1. The minimum Gasteiger partial charge on any atom is -0.490 e. The van der Waals surface area contributed by atoms with Gasteiger partial charge < -0.3 is 14.5 Å². The van der Waals surface area contributed by atoms with Crippen LogP contribution in [0.2, 0.25) is 0 Å². The zero-order chi connectivity index (χ0) is 19.1. The molecule has 1 N–H and O–H groups in total. The smallest absolute Gasteiger partial charge is 0.311 e. The third-order valence-electron chi connectivity index (χ3n) is 4.03. The molecule has 136 valence electrons. The number of nitrogens with zero attached hydrogens (tertiary/aromatic N) is 1. The maximum absolute atomic E-state index is 12.2. The quantitative estimate of drug-likeness (QED) is 0.497. The highest BCUT2D eigenvalue weighted by atomic mass is 16.6. The number of hydrogen-bond acceptors (Lipinski definition) is 4. The van der Waals surface area contributed by atoms with Gasteiger partial charge in [-0.25, -0.2) is 0 Å². The first-order chi connectivity index (χ1) is 13.2. The van der Waals surface area contributed by atoms with Gasteiger partial charge in [0, 0.05) is 17.5 Å². The van der Waals surface area contributed by atoms with E-state index in [2.05, 4.69) is 4.98 Å². The van der Waals surface area contributed by atoms with Crippen LogP contribution < -0.4 is 9.47 Å². The van der Waals surface area contributed by atoms with E-state index in [1.807, 2.05) is 55.5 Å². The highest BCUT2D eigenvalue weighted by Crippen LogP contribution is 2.29. The second-order valence-corrected chi connectivity index (χ2v) is 5.94. The first kappa shape index (κ1) is 18.3. The van der Waals surface area contributed by atoms with Crippen molar-refractivity contribution in [2.45, 2.75) is 19.8 Å². The lowest BCUT2D eigenvalue weighted by Gasteiger charge is -2.10. The summed E-state index contributed by atoms with van der Waals surface area (Å²) in [5.74, 6) is 0.380. The molecule has 0 radical (unpaired) electrons. The molecule has 27 heavy (non-hydrogen) atoms. The summed E-state index contributed by atoms with van der Waals surface area (Å²) in [6.45, 7) is 2.25. The van der Waals surface area contributed by atoms with E-state index in [0.717, 1.165) is 17.0 Å². The Balaban J connectivity index is 1.61. The van der Waals surface area contributed by atoms with Crippen LogP contribution in [0.3, 0.4) is 0 Å². The van der Waals surface area contributed by atoms with Crippen molar-refractivity contribution >= 4 is 5.97 Å². The third kappa shape index (κ3) is 4.77. The number of nitrogens with one attached hydrogen (secondary N) is 1. The van der Waals surface area contributed by atoms with Crippen LogP contribution >= 0.6 is 0 Å². The first-order valence-corrected chi connectivity index (χ1v) is 8.80. The average molecular weight is 360 g/mol. The van der Waals surface area contributed by atoms with E-state index in [1.165, 1.54) is 0 Å². The van der Waals surface area contributed by atoms with Crippen LogP contribution in [0.1, 0.15) is 24.6 Å². The van der Waals surface area contributed by atoms with Gasteiger partial charge in [0.05, 0.1) is 24.7 Å². The fourth-order valence-electron chi connectivity index (χ4n) is 2.71. The van der Waals surface area contributed by atoms with Gasteiger partial charge >= 0.3 is 5.97 Å². The Hall–Kier alpha value is -3.52. The van der Waals surface area contributed by atoms with E-state index in [4.69, 9.17) is 14.7 Å². The van der Waals surface area contributed by atoms with Crippen molar-refractivity contribution in [1.29, 1.82) is 5.26 Å². The van der Waals surface area contributed by atoms with Crippen LogP contribution in [0.25, 0.3) is 11.3 Å². The van der Waals surface area contributed by atoms with E-state index in [-0.39, 0.29) is 12.4 Å². The van der Waals surface area contributed by atoms with Crippen LogP contribution in [0, 0.1) is 11.3 Å². The van der Waals surface area contributed by atoms with Crippen LogP contribution in [0.4, 0.5) is 0 Å². The summed E-state index contributed by atoms with van der Waals surface area (Å²) in [7, 11) is 0. The van der Waals surface area contributed by atoms with E-state index in [9.17, 15) is 4.79 Å². The van der Waals surface area contributed by atoms with Gasteiger partial charge in [-0.05, 0) is 43.2 Å². The Bertz CT molecular complexity index is 955. The predicted octanol–water partition coefficient (Wildman–Crippen LogP) is 4.49. The summed E-state index contributed by atoms with van der Waals surface area (Å²) in [6, 6.07) is 20.8. The van der Waals surface area contributed by atoms with Crippen LogP contribution in [-0.4, -0.2) is 17.6 Å². The number of H-pyrrole nitrogens is 1. The number of benzene rings is 2. The molecule has 0 saturated carbocycles. The maximum Gasteiger partial charge on any atom is 0.311 e. The molecule has 1 aromatic heterocycles. The summed E-state index contributed by atoms with van der Waals surface area (Å²) >= 11 is 0. The summed E-state index contributed by atoms with van der Waals surface area (Å²) in [6.07, 6.45) is 0.784. The number of nitriles is 1. The van der Waals surface area contributed by atoms with E-state index in [0.29, 0.717) is 30.1 Å². The van der Waals surface area contributed by atoms with Gasteiger partial charge in [-0.15, -0.1) is 0 Å².